The summed E-state index contributed by atoms with van der Waals surface area (Å²) in [6, 6.07) is 3.33. The van der Waals surface area contributed by atoms with Crippen molar-refractivity contribution in [2.75, 3.05) is 12.0 Å². The smallest absolute Gasteiger partial charge is 0.148 e. The van der Waals surface area contributed by atoms with Crippen molar-refractivity contribution in [2.45, 2.75) is 12.5 Å². The van der Waals surface area contributed by atoms with E-state index in [2.05, 4.69) is 4.98 Å². The maximum atomic E-state index is 10.9. The SMILES string of the molecule is CS(=O)(=O)CC(N)Cc1ccncc1. The van der Waals surface area contributed by atoms with Gasteiger partial charge in [-0.05, 0) is 24.1 Å². The maximum Gasteiger partial charge on any atom is 0.148 e. The lowest BCUT2D eigenvalue weighted by molar-refractivity contribution is 0.591. The van der Waals surface area contributed by atoms with Crippen molar-refractivity contribution in [2.24, 2.45) is 5.73 Å². The van der Waals surface area contributed by atoms with E-state index in [9.17, 15) is 8.42 Å². The molecule has 1 heterocycles. The van der Waals surface area contributed by atoms with E-state index in [0.29, 0.717) is 6.42 Å². The highest BCUT2D eigenvalue weighted by atomic mass is 32.2. The fourth-order valence-corrected chi connectivity index (χ4v) is 2.17. The van der Waals surface area contributed by atoms with Crippen molar-refractivity contribution in [1.29, 1.82) is 0 Å². The Hall–Kier alpha value is -0.940. The number of pyridine rings is 1. The highest BCUT2D eigenvalue weighted by molar-refractivity contribution is 7.90. The van der Waals surface area contributed by atoms with Gasteiger partial charge in [-0.25, -0.2) is 8.42 Å². The Kier molecular flexibility index (Phi) is 3.60. The molecule has 5 heteroatoms. The molecule has 0 aliphatic carbocycles. The van der Waals surface area contributed by atoms with Crippen molar-refractivity contribution in [3.05, 3.63) is 30.1 Å². The molecule has 0 aliphatic heterocycles. The van der Waals surface area contributed by atoms with Crippen molar-refractivity contribution in [1.82, 2.24) is 4.98 Å². The quantitative estimate of drug-likeness (QED) is 0.765. The third kappa shape index (κ3) is 4.34. The van der Waals surface area contributed by atoms with Gasteiger partial charge in [-0.3, -0.25) is 4.98 Å². The minimum atomic E-state index is -2.98. The molecule has 1 atom stereocenters. The molecular weight excluding hydrogens is 200 g/mol. The summed E-state index contributed by atoms with van der Waals surface area (Å²) >= 11 is 0. The summed E-state index contributed by atoms with van der Waals surface area (Å²) in [6.07, 6.45) is 5.10. The molecule has 0 saturated heterocycles. The summed E-state index contributed by atoms with van der Waals surface area (Å²) in [6.45, 7) is 0. The molecule has 0 fully saturated rings. The molecule has 1 aromatic heterocycles. The topological polar surface area (TPSA) is 73.0 Å². The van der Waals surface area contributed by atoms with Crippen LogP contribution in [0.5, 0.6) is 0 Å². The fraction of sp³-hybridized carbons (Fsp3) is 0.444. The molecule has 0 saturated carbocycles. The first-order valence-electron chi connectivity index (χ1n) is 4.29. The molecule has 0 aromatic carbocycles. The molecule has 4 nitrogen and oxygen atoms in total. The highest BCUT2D eigenvalue weighted by Gasteiger charge is 2.11. The van der Waals surface area contributed by atoms with Gasteiger partial charge in [0.25, 0.3) is 0 Å². The first-order chi connectivity index (χ1) is 6.47. The monoisotopic (exact) mass is 214 g/mol. The zero-order valence-corrected chi connectivity index (χ0v) is 8.87. The van der Waals surface area contributed by atoms with E-state index in [1.54, 1.807) is 12.4 Å². The van der Waals surface area contributed by atoms with E-state index in [-0.39, 0.29) is 11.8 Å². The summed E-state index contributed by atoms with van der Waals surface area (Å²) < 4.78 is 21.9. The fourth-order valence-electron chi connectivity index (χ4n) is 1.27. The Morgan fingerprint density at radius 2 is 2.00 bits per heavy atom. The highest BCUT2D eigenvalue weighted by Crippen LogP contribution is 2.01. The molecule has 0 amide bonds. The van der Waals surface area contributed by atoms with Crippen LogP contribution in [-0.2, 0) is 16.3 Å². The zero-order valence-electron chi connectivity index (χ0n) is 8.05. The van der Waals surface area contributed by atoms with Crippen LogP contribution < -0.4 is 5.73 Å². The van der Waals surface area contributed by atoms with Crippen LogP contribution in [-0.4, -0.2) is 31.5 Å². The van der Waals surface area contributed by atoms with E-state index >= 15 is 0 Å². The number of aromatic nitrogens is 1. The van der Waals surface area contributed by atoms with Gasteiger partial charge in [-0.2, -0.15) is 0 Å². The van der Waals surface area contributed by atoms with Gasteiger partial charge < -0.3 is 5.73 Å². The second-order valence-corrected chi connectivity index (χ2v) is 5.60. The van der Waals surface area contributed by atoms with E-state index < -0.39 is 9.84 Å². The average Bonchev–Trinajstić information content (AvgIpc) is 2.02. The second-order valence-electron chi connectivity index (χ2n) is 3.41. The van der Waals surface area contributed by atoms with Crippen LogP contribution in [0.4, 0.5) is 0 Å². The van der Waals surface area contributed by atoms with Gasteiger partial charge in [0.1, 0.15) is 9.84 Å². The lowest BCUT2D eigenvalue weighted by Gasteiger charge is -2.09. The van der Waals surface area contributed by atoms with Crippen molar-refractivity contribution < 1.29 is 8.42 Å². The van der Waals surface area contributed by atoms with Gasteiger partial charge in [0, 0.05) is 24.7 Å². The molecule has 0 radical (unpaired) electrons. The standard InChI is InChI=1S/C9H14N2O2S/c1-14(12,13)7-9(10)6-8-2-4-11-5-3-8/h2-5,9H,6-7,10H2,1H3. The van der Waals surface area contributed by atoms with Gasteiger partial charge >= 0.3 is 0 Å². The molecule has 1 aromatic rings. The Morgan fingerprint density at radius 1 is 1.43 bits per heavy atom. The maximum absolute atomic E-state index is 10.9. The first kappa shape index (κ1) is 11.1. The number of nitrogens with zero attached hydrogens (tertiary/aromatic N) is 1. The minimum Gasteiger partial charge on any atom is -0.326 e. The zero-order chi connectivity index (χ0) is 10.6. The molecule has 2 N–H and O–H groups in total. The molecule has 0 bridgehead atoms. The third-order valence-corrected chi connectivity index (χ3v) is 2.80. The first-order valence-corrected chi connectivity index (χ1v) is 6.35. The second kappa shape index (κ2) is 4.52. The number of rotatable bonds is 4. The van der Waals surface area contributed by atoms with Crippen LogP contribution in [0.1, 0.15) is 5.56 Å². The summed E-state index contributed by atoms with van der Waals surface area (Å²) in [4.78, 5) is 3.87. The van der Waals surface area contributed by atoms with Crippen LogP contribution in [0.15, 0.2) is 24.5 Å². The van der Waals surface area contributed by atoms with Crippen LogP contribution in [0.3, 0.4) is 0 Å². The van der Waals surface area contributed by atoms with Crippen LogP contribution in [0.2, 0.25) is 0 Å². The number of nitrogens with two attached hydrogens (primary N) is 1. The normalized spacial score (nSPS) is 13.9. The largest absolute Gasteiger partial charge is 0.326 e. The Morgan fingerprint density at radius 3 is 2.50 bits per heavy atom. The molecule has 78 valence electrons. The Labute approximate surface area is 84.1 Å². The van der Waals surface area contributed by atoms with Crippen LogP contribution >= 0.6 is 0 Å². The summed E-state index contributed by atoms with van der Waals surface area (Å²) in [5.74, 6) is 0.0231. The molecule has 14 heavy (non-hydrogen) atoms. The van der Waals surface area contributed by atoms with Gasteiger partial charge in [0.2, 0.25) is 0 Å². The van der Waals surface area contributed by atoms with Gasteiger partial charge in [-0.15, -0.1) is 0 Å². The summed E-state index contributed by atoms with van der Waals surface area (Å²) in [5, 5.41) is 0. The van der Waals surface area contributed by atoms with E-state index in [4.69, 9.17) is 5.73 Å². The number of hydrogen-bond donors (Lipinski definition) is 1. The number of sulfone groups is 1. The van der Waals surface area contributed by atoms with Crippen molar-refractivity contribution >= 4 is 9.84 Å². The molecule has 1 unspecified atom stereocenters. The third-order valence-electron chi connectivity index (χ3n) is 1.76. The van der Waals surface area contributed by atoms with Crippen LogP contribution in [0.25, 0.3) is 0 Å². The van der Waals surface area contributed by atoms with Crippen molar-refractivity contribution in [3.8, 4) is 0 Å². The van der Waals surface area contributed by atoms with E-state index in [1.807, 2.05) is 12.1 Å². The lowest BCUT2D eigenvalue weighted by Crippen LogP contribution is -2.31. The van der Waals surface area contributed by atoms with Gasteiger partial charge in [0.15, 0.2) is 0 Å². The van der Waals surface area contributed by atoms with E-state index in [0.717, 1.165) is 5.56 Å². The molecule has 0 spiro atoms. The van der Waals surface area contributed by atoms with Gasteiger partial charge in [-0.1, -0.05) is 0 Å². The predicted molar refractivity (Wildman–Crippen MR) is 55.6 cm³/mol. The van der Waals surface area contributed by atoms with Crippen molar-refractivity contribution in [3.63, 3.8) is 0 Å². The molecule has 1 rings (SSSR count). The average molecular weight is 214 g/mol. The van der Waals surface area contributed by atoms with Crippen LogP contribution in [0, 0.1) is 0 Å². The molecular formula is C9H14N2O2S. The number of hydrogen-bond acceptors (Lipinski definition) is 4. The lowest BCUT2D eigenvalue weighted by atomic mass is 10.1. The van der Waals surface area contributed by atoms with Gasteiger partial charge in [0.05, 0.1) is 5.75 Å². The predicted octanol–water partition coefficient (Wildman–Crippen LogP) is -0.00400. The Balaban J connectivity index is 2.54. The Bertz CT molecular complexity index is 375. The molecule has 0 aliphatic rings. The van der Waals surface area contributed by atoms with E-state index in [1.165, 1.54) is 6.26 Å². The summed E-state index contributed by atoms with van der Waals surface area (Å²) in [5.41, 5.74) is 6.70. The summed E-state index contributed by atoms with van der Waals surface area (Å²) in [7, 11) is -2.98. The minimum absolute atomic E-state index is 0.0231.